The van der Waals surface area contributed by atoms with Crippen LogP contribution in [0.15, 0.2) is 16.7 Å². The lowest BCUT2D eigenvalue weighted by atomic mass is 10.2. The van der Waals surface area contributed by atoms with Crippen LogP contribution in [0.25, 0.3) is 11.5 Å². The largest absolute Gasteiger partial charge is 0.439 e. The third-order valence-electron chi connectivity index (χ3n) is 2.35. The molecule has 0 spiro atoms. The quantitative estimate of drug-likeness (QED) is 0.860. The number of hydrogen-bond donors (Lipinski definition) is 1. The van der Waals surface area contributed by atoms with Gasteiger partial charge in [0.2, 0.25) is 0 Å². The average molecular weight is 221 g/mol. The summed E-state index contributed by atoms with van der Waals surface area (Å²) < 4.78 is 7.36. The molecule has 0 radical (unpaired) electrons. The first-order chi connectivity index (χ1) is 7.63. The lowest BCUT2D eigenvalue weighted by molar-refractivity contribution is 0.277. The Morgan fingerprint density at radius 2 is 2.25 bits per heavy atom. The summed E-state index contributed by atoms with van der Waals surface area (Å²) in [5.74, 6) is 1.15. The van der Waals surface area contributed by atoms with Crippen LogP contribution in [0.1, 0.15) is 31.5 Å². The van der Waals surface area contributed by atoms with Crippen molar-refractivity contribution in [1.29, 1.82) is 0 Å². The zero-order valence-electron chi connectivity index (χ0n) is 9.64. The van der Waals surface area contributed by atoms with Crippen molar-refractivity contribution in [2.45, 2.75) is 33.4 Å². The summed E-state index contributed by atoms with van der Waals surface area (Å²) in [6, 6.07) is 2.10. The highest BCUT2D eigenvalue weighted by molar-refractivity contribution is 5.55. The van der Waals surface area contributed by atoms with Crippen molar-refractivity contribution in [3.8, 4) is 11.5 Å². The fourth-order valence-corrected chi connectivity index (χ4v) is 1.68. The SMILES string of the molecule is Cc1nc(CO)c(-c2ccnn2C(C)C)o1. The van der Waals surface area contributed by atoms with Gasteiger partial charge in [0.1, 0.15) is 11.4 Å². The van der Waals surface area contributed by atoms with Gasteiger partial charge < -0.3 is 9.52 Å². The molecule has 2 heterocycles. The first kappa shape index (κ1) is 10.9. The Morgan fingerprint density at radius 3 is 2.88 bits per heavy atom. The maximum absolute atomic E-state index is 9.21. The molecule has 0 aromatic carbocycles. The molecule has 0 aliphatic rings. The van der Waals surface area contributed by atoms with E-state index in [0.29, 0.717) is 17.3 Å². The van der Waals surface area contributed by atoms with E-state index in [1.54, 1.807) is 13.1 Å². The molecule has 86 valence electrons. The summed E-state index contributed by atoms with van der Waals surface area (Å²) in [5, 5.41) is 13.4. The molecule has 2 rings (SSSR count). The van der Waals surface area contributed by atoms with Crippen molar-refractivity contribution in [1.82, 2.24) is 14.8 Å². The zero-order chi connectivity index (χ0) is 11.7. The Bertz CT molecular complexity index is 485. The molecule has 1 N–H and O–H groups in total. The number of aryl methyl sites for hydroxylation is 1. The number of aromatic nitrogens is 3. The van der Waals surface area contributed by atoms with E-state index in [4.69, 9.17) is 4.42 Å². The van der Waals surface area contributed by atoms with Gasteiger partial charge in [-0.15, -0.1) is 0 Å². The summed E-state index contributed by atoms with van der Waals surface area (Å²) in [6.45, 7) is 5.71. The molecule has 0 aliphatic heterocycles. The Labute approximate surface area is 93.7 Å². The van der Waals surface area contributed by atoms with E-state index in [9.17, 15) is 5.11 Å². The molecule has 5 heteroatoms. The van der Waals surface area contributed by atoms with Gasteiger partial charge in [-0.1, -0.05) is 0 Å². The van der Waals surface area contributed by atoms with E-state index in [1.165, 1.54) is 0 Å². The van der Waals surface area contributed by atoms with E-state index in [0.717, 1.165) is 5.69 Å². The topological polar surface area (TPSA) is 64.1 Å². The van der Waals surface area contributed by atoms with E-state index in [1.807, 2.05) is 24.6 Å². The fraction of sp³-hybridized carbons (Fsp3) is 0.455. The van der Waals surface area contributed by atoms with Gasteiger partial charge in [0.15, 0.2) is 11.7 Å². The van der Waals surface area contributed by atoms with Crippen molar-refractivity contribution in [2.24, 2.45) is 0 Å². The molecular formula is C11H15N3O2. The fourth-order valence-electron chi connectivity index (χ4n) is 1.68. The lowest BCUT2D eigenvalue weighted by Gasteiger charge is -2.09. The molecule has 0 bridgehead atoms. The smallest absolute Gasteiger partial charge is 0.192 e. The third-order valence-corrected chi connectivity index (χ3v) is 2.35. The number of aliphatic hydroxyl groups excluding tert-OH is 1. The van der Waals surface area contributed by atoms with Crippen LogP contribution < -0.4 is 0 Å². The zero-order valence-corrected chi connectivity index (χ0v) is 9.64. The Morgan fingerprint density at radius 1 is 1.50 bits per heavy atom. The molecule has 0 atom stereocenters. The molecule has 16 heavy (non-hydrogen) atoms. The average Bonchev–Trinajstić information content (AvgIpc) is 2.82. The van der Waals surface area contributed by atoms with Crippen LogP contribution in [0.4, 0.5) is 0 Å². The van der Waals surface area contributed by atoms with E-state index in [2.05, 4.69) is 10.1 Å². The van der Waals surface area contributed by atoms with Gasteiger partial charge in [-0.3, -0.25) is 4.68 Å². The van der Waals surface area contributed by atoms with Crippen molar-refractivity contribution >= 4 is 0 Å². The highest BCUT2D eigenvalue weighted by Gasteiger charge is 2.17. The van der Waals surface area contributed by atoms with Crippen LogP contribution in [0.3, 0.4) is 0 Å². The van der Waals surface area contributed by atoms with Crippen molar-refractivity contribution in [3.63, 3.8) is 0 Å². The molecular weight excluding hydrogens is 206 g/mol. The van der Waals surface area contributed by atoms with Crippen LogP contribution in [0.2, 0.25) is 0 Å². The summed E-state index contributed by atoms with van der Waals surface area (Å²) >= 11 is 0. The van der Waals surface area contributed by atoms with Gasteiger partial charge >= 0.3 is 0 Å². The Kier molecular flexibility index (Phi) is 2.78. The monoisotopic (exact) mass is 221 g/mol. The molecule has 0 fully saturated rings. The summed E-state index contributed by atoms with van der Waals surface area (Å²) in [6.07, 6.45) is 1.72. The minimum atomic E-state index is -0.129. The molecule has 0 aliphatic carbocycles. The van der Waals surface area contributed by atoms with Crippen molar-refractivity contribution < 1.29 is 9.52 Å². The number of nitrogens with zero attached hydrogens (tertiary/aromatic N) is 3. The predicted molar refractivity (Wildman–Crippen MR) is 58.8 cm³/mol. The maximum Gasteiger partial charge on any atom is 0.192 e. The van der Waals surface area contributed by atoms with Crippen LogP contribution in [-0.2, 0) is 6.61 Å². The summed E-state index contributed by atoms with van der Waals surface area (Å²) in [5.41, 5.74) is 1.40. The highest BCUT2D eigenvalue weighted by Crippen LogP contribution is 2.26. The van der Waals surface area contributed by atoms with Crippen LogP contribution in [-0.4, -0.2) is 19.9 Å². The van der Waals surface area contributed by atoms with Gasteiger partial charge in [0.25, 0.3) is 0 Å². The highest BCUT2D eigenvalue weighted by atomic mass is 16.4. The van der Waals surface area contributed by atoms with Crippen LogP contribution in [0.5, 0.6) is 0 Å². The first-order valence-electron chi connectivity index (χ1n) is 5.24. The minimum absolute atomic E-state index is 0.129. The molecule has 0 unspecified atom stereocenters. The number of aliphatic hydroxyl groups is 1. The predicted octanol–water partition coefficient (Wildman–Crippen LogP) is 1.92. The molecule has 5 nitrogen and oxygen atoms in total. The first-order valence-corrected chi connectivity index (χ1v) is 5.24. The van der Waals surface area contributed by atoms with Gasteiger partial charge in [0.05, 0.1) is 6.61 Å². The van der Waals surface area contributed by atoms with Crippen LogP contribution >= 0.6 is 0 Å². The summed E-state index contributed by atoms with van der Waals surface area (Å²) in [4.78, 5) is 4.13. The molecule has 0 saturated heterocycles. The molecule has 0 saturated carbocycles. The van der Waals surface area contributed by atoms with E-state index in [-0.39, 0.29) is 12.6 Å². The van der Waals surface area contributed by atoms with Gasteiger partial charge in [-0.25, -0.2) is 4.98 Å². The second kappa shape index (κ2) is 4.09. The number of oxazole rings is 1. The van der Waals surface area contributed by atoms with E-state index >= 15 is 0 Å². The van der Waals surface area contributed by atoms with Crippen molar-refractivity contribution in [2.75, 3.05) is 0 Å². The number of rotatable bonds is 3. The van der Waals surface area contributed by atoms with Crippen LogP contribution in [0, 0.1) is 6.92 Å². The minimum Gasteiger partial charge on any atom is -0.439 e. The van der Waals surface area contributed by atoms with E-state index < -0.39 is 0 Å². The Balaban J connectivity index is 2.53. The Hall–Kier alpha value is -1.62. The molecule has 2 aromatic rings. The molecule has 0 amide bonds. The van der Waals surface area contributed by atoms with Crippen molar-refractivity contribution in [3.05, 3.63) is 23.8 Å². The lowest BCUT2D eigenvalue weighted by Crippen LogP contribution is -2.05. The standard InChI is InChI=1S/C11H15N3O2/c1-7(2)14-10(4-5-12-14)11-9(6-15)13-8(3)16-11/h4-5,7,15H,6H2,1-3H3. The van der Waals surface area contributed by atoms with Gasteiger partial charge in [-0.05, 0) is 19.9 Å². The van der Waals surface area contributed by atoms with Gasteiger partial charge in [0, 0.05) is 19.2 Å². The van der Waals surface area contributed by atoms with Gasteiger partial charge in [-0.2, -0.15) is 5.10 Å². The maximum atomic E-state index is 9.21. The third kappa shape index (κ3) is 1.74. The normalized spacial score (nSPS) is 11.3. The second-order valence-corrected chi connectivity index (χ2v) is 3.92. The molecule has 2 aromatic heterocycles. The number of hydrogen-bond acceptors (Lipinski definition) is 4. The second-order valence-electron chi connectivity index (χ2n) is 3.92. The summed E-state index contributed by atoms with van der Waals surface area (Å²) in [7, 11) is 0.